The highest BCUT2D eigenvalue weighted by Crippen LogP contribution is 2.25. The van der Waals surface area contributed by atoms with Gasteiger partial charge in [-0.3, -0.25) is 10.1 Å². The van der Waals surface area contributed by atoms with E-state index < -0.39 is 15.9 Å². The molecular formula is C16H15ClN4O4S2. The molecule has 3 aromatic rings. The average Bonchev–Trinajstić information content (AvgIpc) is 3.32. The second kappa shape index (κ2) is 8.17. The lowest BCUT2D eigenvalue weighted by Crippen LogP contribution is -2.30. The highest BCUT2D eigenvalue weighted by atomic mass is 35.5. The number of carbonyl (C=O) groups excluding carboxylic acids is 1. The van der Waals surface area contributed by atoms with E-state index in [0.717, 1.165) is 11.3 Å². The lowest BCUT2D eigenvalue weighted by atomic mass is 10.2. The zero-order chi connectivity index (χ0) is 19.4. The molecule has 0 radical (unpaired) electrons. The molecule has 1 amide bonds. The summed E-state index contributed by atoms with van der Waals surface area (Å²) in [7, 11) is -3.86. The third-order valence-corrected chi connectivity index (χ3v) is 6.92. The lowest BCUT2D eigenvalue weighted by molar-refractivity contribution is 0.102. The van der Waals surface area contributed by atoms with Crippen molar-refractivity contribution in [2.75, 3.05) is 11.9 Å². The number of rotatable bonds is 7. The summed E-state index contributed by atoms with van der Waals surface area (Å²) in [5, 5.41) is 10.6. The van der Waals surface area contributed by atoms with Gasteiger partial charge in [0.1, 0.15) is 5.76 Å². The van der Waals surface area contributed by atoms with E-state index in [1.54, 1.807) is 43.3 Å². The summed E-state index contributed by atoms with van der Waals surface area (Å²) in [6.07, 6.45) is 1.48. The van der Waals surface area contributed by atoms with E-state index in [1.165, 1.54) is 10.6 Å². The predicted molar refractivity (Wildman–Crippen MR) is 101 cm³/mol. The van der Waals surface area contributed by atoms with Crippen LogP contribution in [-0.4, -0.2) is 35.4 Å². The minimum absolute atomic E-state index is 0.0812. The van der Waals surface area contributed by atoms with Gasteiger partial charge in [-0.25, -0.2) is 8.42 Å². The molecule has 27 heavy (non-hydrogen) atoms. The SMILES string of the molecule is CCN(Cc1ccco1)S(=O)(=O)c1nnc(NC(=O)c2ccc(Cl)cc2)s1. The van der Waals surface area contributed by atoms with Crippen LogP contribution in [0.15, 0.2) is 51.4 Å². The molecule has 3 rings (SSSR count). The molecule has 2 aromatic heterocycles. The predicted octanol–water partition coefficient (Wildman–Crippen LogP) is 3.25. The number of sulfonamides is 1. The molecular weight excluding hydrogens is 412 g/mol. The van der Waals surface area contributed by atoms with Crippen molar-refractivity contribution in [2.24, 2.45) is 0 Å². The van der Waals surface area contributed by atoms with Gasteiger partial charge in [-0.1, -0.05) is 29.9 Å². The van der Waals surface area contributed by atoms with Crippen LogP contribution in [0.25, 0.3) is 0 Å². The quantitative estimate of drug-likeness (QED) is 0.581. The van der Waals surface area contributed by atoms with Crippen LogP contribution < -0.4 is 5.32 Å². The number of furan rings is 1. The molecule has 1 N–H and O–H groups in total. The van der Waals surface area contributed by atoms with Crippen LogP contribution in [-0.2, 0) is 16.6 Å². The number of hydrogen-bond donors (Lipinski definition) is 1. The Hall–Kier alpha value is -2.27. The van der Waals surface area contributed by atoms with Crippen LogP contribution in [0, 0.1) is 0 Å². The Kier molecular flexibility index (Phi) is 5.90. The molecule has 0 saturated heterocycles. The Balaban J connectivity index is 1.75. The highest BCUT2D eigenvalue weighted by Gasteiger charge is 2.28. The Morgan fingerprint density at radius 3 is 2.63 bits per heavy atom. The summed E-state index contributed by atoms with van der Waals surface area (Å²) in [6, 6.07) is 9.65. The molecule has 0 spiro atoms. The van der Waals surface area contributed by atoms with E-state index in [4.69, 9.17) is 16.0 Å². The number of hydrogen-bond acceptors (Lipinski definition) is 7. The van der Waals surface area contributed by atoms with Gasteiger partial charge in [0.05, 0.1) is 12.8 Å². The summed E-state index contributed by atoms with van der Waals surface area (Å²) in [4.78, 5) is 12.2. The van der Waals surface area contributed by atoms with E-state index in [-0.39, 0.29) is 22.6 Å². The summed E-state index contributed by atoms with van der Waals surface area (Å²) >= 11 is 6.58. The number of amides is 1. The maximum Gasteiger partial charge on any atom is 0.272 e. The van der Waals surface area contributed by atoms with Crippen LogP contribution in [0.4, 0.5) is 5.13 Å². The molecule has 0 aliphatic heterocycles. The first-order valence-electron chi connectivity index (χ1n) is 7.83. The summed E-state index contributed by atoms with van der Waals surface area (Å²) in [5.74, 6) is 0.0795. The third kappa shape index (κ3) is 4.53. The molecule has 142 valence electrons. The van der Waals surface area contributed by atoms with Gasteiger partial charge in [-0.05, 0) is 36.4 Å². The van der Waals surface area contributed by atoms with Gasteiger partial charge in [-0.2, -0.15) is 4.31 Å². The Bertz CT molecular complexity index is 1020. The van der Waals surface area contributed by atoms with Crippen molar-refractivity contribution in [2.45, 2.75) is 17.8 Å². The van der Waals surface area contributed by atoms with Crippen LogP contribution in [0.3, 0.4) is 0 Å². The smallest absolute Gasteiger partial charge is 0.272 e. The van der Waals surface area contributed by atoms with E-state index in [0.29, 0.717) is 16.3 Å². The topological polar surface area (TPSA) is 105 Å². The monoisotopic (exact) mass is 426 g/mol. The van der Waals surface area contributed by atoms with Crippen molar-refractivity contribution < 1.29 is 17.6 Å². The molecule has 0 unspecified atom stereocenters. The van der Waals surface area contributed by atoms with Crippen molar-refractivity contribution in [3.05, 3.63) is 59.0 Å². The molecule has 0 atom stereocenters. The van der Waals surface area contributed by atoms with Gasteiger partial charge < -0.3 is 4.42 Å². The summed E-state index contributed by atoms with van der Waals surface area (Å²) < 4.78 is 31.7. The molecule has 2 heterocycles. The van der Waals surface area contributed by atoms with Gasteiger partial charge in [-0.15, -0.1) is 10.2 Å². The largest absolute Gasteiger partial charge is 0.468 e. The van der Waals surface area contributed by atoms with Crippen molar-refractivity contribution in [1.82, 2.24) is 14.5 Å². The zero-order valence-electron chi connectivity index (χ0n) is 14.1. The molecule has 0 bridgehead atoms. The molecule has 0 aliphatic rings. The number of anilines is 1. The Labute approximate surface area is 164 Å². The maximum atomic E-state index is 12.8. The summed E-state index contributed by atoms with van der Waals surface area (Å²) in [6.45, 7) is 2.03. The fourth-order valence-corrected chi connectivity index (χ4v) is 4.76. The van der Waals surface area contributed by atoms with Crippen LogP contribution >= 0.6 is 22.9 Å². The van der Waals surface area contributed by atoms with Crippen molar-refractivity contribution >= 4 is 44.0 Å². The number of nitrogens with zero attached hydrogens (tertiary/aromatic N) is 3. The van der Waals surface area contributed by atoms with Gasteiger partial charge >= 0.3 is 0 Å². The first-order chi connectivity index (χ1) is 12.9. The van der Waals surface area contributed by atoms with E-state index in [9.17, 15) is 13.2 Å². The number of benzene rings is 1. The van der Waals surface area contributed by atoms with Crippen LogP contribution in [0.1, 0.15) is 23.0 Å². The number of halogens is 1. The van der Waals surface area contributed by atoms with E-state index in [2.05, 4.69) is 15.5 Å². The van der Waals surface area contributed by atoms with Gasteiger partial charge in [0.15, 0.2) is 0 Å². The average molecular weight is 427 g/mol. The second-order valence-corrected chi connectivity index (χ2v) is 8.87. The first kappa shape index (κ1) is 19.5. The fraction of sp³-hybridized carbons (Fsp3) is 0.188. The normalized spacial score (nSPS) is 11.7. The van der Waals surface area contributed by atoms with Gasteiger partial charge in [0, 0.05) is 17.1 Å². The third-order valence-electron chi connectivity index (χ3n) is 3.56. The molecule has 0 saturated carbocycles. The number of nitrogens with one attached hydrogen (secondary N) is 1. The first-order valence-corrected chi connectivity index (χ1v) is 10.5. The Morgan fingerprint density at radius 1 is 1.26 bits per heavy atom. The fourth-order valence-electron chi connectivity index (χ4n) is 2.19. The minimum atomic E-state index is -3.86. The van der Waals surface area contributed by atoms with Crippen LogP contribution in [0.5, 0.6) is 0 Å². The lowest BCUT2D eigenvalue weighted by Gasteiger charge is -2.16. The maximum absolute atomic E-state index is 12.8. The van der Waals surface area contributed by atoms with Gasteiger partial charge in [0.2, 0.25) is 9.47 Å². The summed E-state index contributed by atoms with van der Waals surface area (Å²) in [5.41, 5.74) is 0.368. The van der Waals surface area contributed by atoms with Crippen molar-refractivity contribution in [1.29, 1.82) is 0 Å². The van der Waals surface area contributed by atoms with Crippen molar-refractivity contribution in [3.63, 3.8) is 0 Å². The molecule has 1 aromatic carbocycles. The zero-order valence-corrected chi connectivity index (χ0v) is 16.5. The highest BCUT2D eigenvalue weighted by molar-refractivity contribution is 7.91. The van der Waals surface area contributed by atoms with E-state index >= 15 is 0 Å². The molecule has 11 heteroatoms. The standard InChI is InChI=1S/C16H15ClN4O4S2/c1-2-21(10-13-4-3-9-25-13)27(23,24)16-20-19-15(26-16)18-14(22)11-5-7-12(17)8-6-11/h3-9H,2,10H2,1H3,(H,18,19,22). The number of carbonyl (C=O) groups is 1. The van der Waals surface area contributed by atoms with Crippen molar-refractivity contribution in [3.8, 4) is 0 Å². The van der Waals surface area contributed by atoms with E-state index in [1.807, 2.05) is 0 Å². The minimum Gasteiger partial charge on any atom is -0.468 e. The Morgan fingerprint density at radius 2 is 2.00 bits per heavy atom. The number of aromatic nitrogens is 2. The molecule has 8 nitrogen and oxygen atoms in total. The molecule has 0 fully saturated rings. The van der Waals surface area contributed by atoms with Gasteiger partial charge in [0.25, 0.3) is 15.9 Å². The van der Waals surface area contributed by atoms with Crippen LogP contribution in [0.2, 0.25) is 5.02 Å². The molecule has 0 aliphatic carbocycles. The second-order valence-electron chi connectivity index (χ2n) is 5.34.